The maximum atomic E-state index is 12.7. The number of aromatic nitrogens is 2. The molecule has 0 bridgehead atoms. The second-order valence-corrected chi connectivity index (χ2v) is 7.81. The molecule has 25 heavy (non-hydrogen) atoms. The monoisotopic (exact) mass is 359 g/mol. The molecule has 0 aliphatic carbocycles. The van der Waals surface area contributed by atoms with Gasteiger partial charge in [-0.2, -0.15) is 11.3 Å². The van der Waals surface area contributed by atoms with Crippen molar-refractivity contribution in [1.29, 1.82) is 0 Å². The van der Waals surface area contributed by atoms with Crippen molar-refractivity contribution in [2.24, 2.45) is 0 Å². The van der Waals surface area contributed by atoms with Gasteiger partial charge in [-0.05, 0) is 25.4 Å². The predicted octanol–water partition coefficient (Wildman–Crippen LogP) is 1.91. The van der Waals surface area contributed by atoms with Gasteiger partial charge in [-0.15, -0.1) is 0 Å². The van der Waals surface area contributed by atoms with Crippen LogP contribution in [0.25, 0.3) is 0 Å². The number of nitrogens with zero attached hydrogens (tertiary/aromatic N) is 5. The van der Waals surface area contributed by atoms with Gasteiger partial charge in [0.25, 0.3) is 5.91 Å². The molecule has 1 amide bonds. The number of hydrogen-bond donors (Lipinski definition) is 0. The third-order valence-corrected chi connectivity index (χ3v) is 6.07. The molecule has 2 aliphatic heterocycles. The number of thiophene rings is 1. The van der Waals surface area contributed by atoms with Gasteiger partial charge in [0.1, 0.15) is 5.82 Å². The van der Waals surface area contributed by atoms with Gasteiger partial charge in [0, 0.05) is 57.4 Å². The van der Waals surface area contributed by atoms with Crippen LogP contribution in [-0.4, -0.2) is 69.9 Å². The zero-order valence-corrected chi connectivity index (χ0v) is 15.7. The Labute approximate surface area is 152 Å². The summed E-state index contributed by atoms with van der Waals surface area (Å²) in [5.41, 5.74) is 2.06. The number of amides is 1. The average molecular weight is 359 g/mol. The number of piperazine rings is 1. The van der Waals surface area contributed by atoms with Gasteiger partial charge >= 0.3 is 0 Å². The molecule has 2 aromatic rings. The molecule has 1 fully saturated rings. The minimum Gasteiger partial charge on any atom is -0.327 e. The third kappa shape index (κ3) is 3.23. The molecular formula is C18H25N5OS. The standard InChI is InChI=1S/C18H25N5OS/c1-14-17-19-11-16(12-21-6-4-20(2)5-7-21)23(17)9-8-22(14)18(24)15-3-10-25-13-15/h3,10-11,13-14H,4-9,12H2,1-2H3. The Morgan fingerprint density at radius 3 is 2.76 bits per heavy atom. The molecule has 2 aliphatic rings. The van der Waals surface area contributed by atoms with Gasteiger partial charge in [-0.1, -0.05) is 0 Å². The van der Waals surface area contributed by atoms with Crippen LogP contribution in [0, 0.1) is 0 Å². The van der Waals surface area contributed by atoms with Crippen molar-refractivity contribution in [3.63, 3.8) is 0 Å². The highest BCUT2D eigenvalue weighted by molar-refractivity contribution is 7.08. The highest BCUT2D eigenvalue weighted by Gasteiger charge is 2.31. The number of carbonyl (C=O) groups excluding carboxylic acids is 1. The fourth-order valence-corrected chi connectivity index (χ4v) is 4.38. The second kappa shape index (κ2) is 6.90. The molecule has 0 saturated carbocycles. The first-order valence-electron chi connectivity index (χ1n) is 8.92. The maximum absolute atomic E-state index is 12.7. The first kappa shape index (κ1) is 16.8. The smallest absolute Gasteiger partial charge is 0.255 e. The first-order chi connectivity index (χ1) is 12.1. The van der Waals surface area contributed by atoms with Crippen molar-refractivity contribution < 1.29 is 4.79 Å². The van der Waals surface area contributed by atoms with Crippen LogP contribution in [0.15, 0.2) is 23.0 Å². The van der Waals surface area contributed by atoms with Crippen LogP contribution in [0.3, 0.4) is 0 Å². The lowest BCUT2D eigenvalue weighted by molar-refractivity contribution is 0.0634. The summed E-state index contributed by atoms with van der Waals surface area (Å²) >= 11 is 1.57. The summed E-state index contributed by atoms with van der Waals surface area (Å²) in [6.45, 7) is 9.08. The molecule has 1 atom stereocenters. The Bertz CT molecular complexity index is 733. The van der Waals surface area contributed by atoms with Crippen molar-refractivity contribution in [3.05, 3.63) is 40.1 Å². The van der Waals surface area contributed by atoms with E-state index in [4.69, 9.17) is 0 Å². The Morgan fingerprint density at radius 2 is 2.04 bits per heavy atom. The van der Waals surface area contributed by atoms with Crippen LogP contribution in [-0.2, 0) is 13.1 Å². The predicted molar refractivity (Wildman–Crippen MR) is 98.8 cm³/mol. The van der Waals surface area contributed by atoms with E-state index in [-0.39, 0.29) is 11.9 Å². The minimum atomic E-state index is 0.0161. The summed E-state index contributed by atoms with van der Waals surface area (Å²) < 4.78 is 2.32. The Hall–Kier alpha value is -1.70. The van der Waals surface area contributed by atoms with E-state index < -0.39 is 0 Å². The third-order valence-electron chi connectivity index (χ3n) is 5.39. The lowest BCUT2D eigenvalue weighted by atomic mass is 10.1. The summed E-state index contributed by atoms with van der Waals surface area (Å²) in [6, 6.07) is 1.92. The zero-order valence-electron chi connectivity index (χ0n) is 14.9. The van der Waals surface area contributed by atoms with E-state index in [1.54, 1.807) is 11.3 Å². The van der Waals surface area contributed by atoms with Crippen LogP contribution >= 0.6 is 11.3 Å². The first-order valence-corrected chi connectivity index (χ1v) is 9.86. The number of hydrogen-bond acceptors (Lipinski definition) is 5. The van der Waals surface area contributed by atoms with Gasteiger partial charge in [0.05, 0.1) is 17.3 Å². The summed E-state index contributed by atoms with van der Waals surface area (Å²) in [5.74, 6) is 1.13. The molecular weight excluding hydrogens is 334 g/mol. The van der Waals surface area contributed by atoms with E-state index in [9.17, 15) is 4.79 Å². The number of rotatable bonds is 3. The molecule has 134 valence electrons. The SMILES string of the molecule is CC1c2ncc(CN3CCN(C)CC3)n2CCN1C(=O)c1ccsc1. The van der Waals surface area contributed by atoms with Crippen LogP contribution in [0.5, 0.6) is 0 Å². The molecule has 0 spiro atoms. The van der Waals surface area contributed by atoms with E-state index in [1.165, 1.54) is 5.69 Å². The van der Waals surface area contributed by atoms with Crippen LogP contribution in [0.1, 0.15) is 34.8 Å². The Balaban J connectivity index is 1.48. The number of likely N-dealkylation sites (N-methyl/N-ethyl adjacent to an activating group) is 1. The van der Waals surface area contributed by atoms with Crippen LogP contribution in [0.2, 0.25) is 0 Å². The molecule has 1 saturated heterocycles. The minimum absolute atomic E-state index is 0.0161. The Kier molecular flexibility index (Phi) is 4.62. The van der Waals surface area contributed by atoms with E-state index in [2.05, 4.69) is 33.3 Å². The molecule has 6 nitrogen and oxygen atoms in total. The van der Waals surface area contributed by atoms with E-state index >= 15 is 0 Å². The molecule has 0 aromatic carbocycles. The van der Waals surface area contributed by atoms with Crippen molar-refractivity contribution >= 4 is 17.2 Å². The van der Waals surface area contributed by atoms with Crippen molar-refractivity contribution in [3.8, 4) is 0 Å². The maximum Gasteiger partial charge on any atom is 0.255 e. The average Bonchev–Trinajstić information content (AvgIpc) is 3.27. The van der Waals surface area contributed by atoms with Gasteiger partial charge in [0.2, 0.25) is 0 Å². The molecule has 7 heteroatoms. The summed E-state index contributed by atoms with van der Waals surface area (Å²) in [5, 5.41) is 3.88. The van der Waals surface area contributed by atoms with Gasteiger partial charge < -0.3 is 14.4 Å². The van der Waals surface area contributed by atoms with E-state index in [0.717, 1.165) is 57.2 Å². The lowest BCUT2D eigenvalue weighted by Crippen LogP contribution is -2.45. The quantitative estimate of drug-likeness (QED) is 0.840. The zero-order chi connectivity index (χ0) is 17.4. The van der Waals surface area contributed by atoms with Crippen LogP contribution < -0.4 is 0 Å². The second-order valence-electron chi connectivity index (χ2n) is 7.03. The highest BCUT2D eigenvalue weighted by atomic mass is 32.1. The molecule has 1 unspecified atom stereocenters. The topological polar surface area (TPSA) is 44.6 Å². The number of imidazole rings is 1. The molecule has 4 heterocycles. The largest absolute Gasteiger partial charge is 0.327 e. The fraction of sp³-hybridized carbons (Fsp3) is 0.556. The highest BCUT2D eigenvalue weighted by Crippen LogP contribution is 2.27. The van der Waals surface area contributed by atoms with Gasteiger partial charge in [0.15, 0.2) is 0 Å². The summed E-state index contributed by atoms with van der Waals surface area (Å²) in [6.07, 6.45) is 2.00. The summed E-state index contributed by atoms with van der Waals surface area (Å²) in [4.78, 5) is 24.2. The molecule has 2 aromatic heterocycles. The van der Waals surface area contributed by atoms with Crippen molar-refractivity contribution in [1.82, 2.24) is 24.3 Å². The fourth-order valence-electron chi connectivity index (χ4n) is 3.75. The van der Waals surface area contributed by atoms with Crippen molar-refractivity contribution in [2.75, 3.05) is 39.8 Å². The van der Waals surface area contributed by atoms with E-state index in [1.807, 2.05) is 27.9 Å². The normalized spacial score (nSPS) is 22.2. The van der Waals surface area contributed by atoms with E-state index in [0.29, 0.717) is 0 Å². The number of carbonyl (C=O) groups is 1. The van der Waals surface area contributed by atoms with Crippen LogP contribution in [0.4, 0.5) is 0 Å². The summed E-state index contributed by atoms with van der Waals surface area (Å²) in [7, 11) is 2.18. The lowest BCUT2D eigenvalue weighted by Gasteiger charge is -2.35. The Morgan fingerprint density at radius 1 is 1.24 bits per heavy atom. The number of fused-ring (bicyclic) bond motifs is 1. The molecule has 0 N–H and O–H groups in total. The van der Waals surface area contributed by atoms with Gasteiger partial charge in [-0.3, -0.25) is 9.69 Å². The van der Waals surface area contributed by atoms with Crippen molar-refractivity contribution in [2.45, 2.75) is 26.1 Å². The molecule has 0 radical (unpaired) electrons. The van der Waals surface area contributed by atoms with Gasteiger partial charge in [-0.25, -0.2) is 4.98 Å². The molecule has 4 rings (SSSR count).